The van der Waals surface area contributed by atoms with Gasteiger partial charge in [0, 0.05) is 6.07 Å². The molecule has 0 spiro atoms. The molecular formula is C9H7BF7NS2. The van der Waals surface area contributed by atoms with Gasteiger partial charge in [0.2, 0.25) is 5.52 Å². The van der Waals surface area contributed by atoms with Crippen LogP contribution in [0.25, 0.3) is 10.2 Å². The maximum Gasteiger partial charge on any atom is 0.673 e. The molecule has 0 fully saturated rings. The molecule has 0 N–H and O–H groups in total. The second-order valence-electron chi connectivity index (χ2n) is 3.44. The molecule has 1 aromatic carbocycles. The highest BCUT2D eigenvalue weighted by molar-refractivity contribution is 8.01. The zero-order chi connectivity index (χ0) is 15.6. The van der Waals surface area contributed by atoms with E-state index in [1.807, 2.05) is 24.3 Å². The van der Waals surface area contributed by atoms with Crippen LogP contribution in [0.3, 0.4) is 0 Å². The van der Waals surface area contributed by atoms with Crippen LogP contribution in [0.4, 0.5) is 30.4 Å². The number of nitrogens with zero attached hydrogens (tertiary/aromatic N) is 1. The van der Waals surface area contributed by atoms with Gasteiger partial charge in [-0.3, -0.25) is 0 Å². The molecule has 0 atom stereocenters. The lowest BCUT2D eigenvalue weighted by Gasteiger charge is -1.98. The third kappa shape index (κ3) is 5.99. The Labute approximate surface area is 117 Å². The minimum absolute atomic E-state index is 0.0654. The van der Waals surface area contributed by atoms with Crippen LogP contribution in [0.1, 0.15) is 0 Å². The van der Waals surface area contributed by atoms with Crippen molar-refractivity contribution in [1.82, 2.24) is 0 Å². The third-order valence-electron chi connectivity index (χ3n) is 1.90. The van der Waals surface area contributed by atoms with Crippen LogP contribution in [0, 0.1) is 0 Å². The van der Waals surface area contributed by atoms with E-state index in [0.717, 1.165) is 21.6 Å². The standard InChI is InChI=1S/C9H7F3NS2.BF4/c1-13-6-4-2-3-5-7(6)14-8(13)15-9(10,11)12;2-1(3,4)5/h2-5H,1H3;/q+1;-1. The quantitative estimate of drug-likeness (QED) is 0.317. The number of thioether (sulfide) groups is 1. The molecule has 0 aliphatic carbocycles. The fourth-order valence-electron chi connectivity index (χ4n) is 1.27. The first-order valence-corrected chi connectivity index (χ1v) is 6.61. The van der Waals surface area contributed by atoms with E-state index in [9.17, 15) is 30.4 Å². The van der Waals surface area contributed by atoms with Crippen molar-refractivity contribution >= 4 is 40.6 Å². The number of aromatic nitrogens is 1. The minimum atomic E-state index is -6.00. The third-order valence-corrected chi connectivity index (χ3v) is 4.09. The van der Waals surface area contributed by atoms with Crippen molar-refractivity contribution in [2.75, 3.05) is 0 Å². The molecule has 0 amide bonds. The Morgan fingerprint density at radius 3 is 2.05 bits per heavy atom. The Bertz CT molecular complexity index is 572. The number of hydrogen-bond acceptors (Lipinski definition) is 2. The molecule has 2 rings (SSSR count). The molecule has 0 saturated carbocycles. The molecule has 0 aliphatic rings. The Balaban J connectivity index is 0.000000347. The summed E-state index contributed by atoms with van der Waals surface area (Å²) in [5, 5.41) is 0. The monoisotopic (exact) mass is 337 g/mol. The first kappa shape index (κ1) is 17.1. The van der Waals surface area contributed by atoms with Gasteiger partial charge in [-0.05, 0) is 6.07 Å². The van der Waals surface area contributed by atoms with Crippen molar-refractivity contribution in [3.05, 3.63) is 24.3 Å². The van der Waals surface area contributed by atoms with E-state index in [1.54, 1.807) is 11.6 Å². The zero-order valence-corrected chi connectivity index (χ0v) is 11.4. The summed E-state index contributed by atoms with van der Waals surface area (Å²) in [6.07, 6.45) is 0. The summed E-state index contributed by atoms with van der Waals surface area (Å²) in [4.78, 5) is 0. The van der Waals surface area contributed by atoms with Crippen molar-refractivity contribution in [2.45, 2.75) is 9.85 Å². The first-order valence-electron chi connectivity index (χ1n) is 4.98. The number of thiazole rings is 1. The summed E-state index contributed by atoms with van der Waals surface area (Å²) in [5.74, 6) is 0. The highest BCUT2D eigenvalue weighted by Gasteiger charge is 2.35. The number of aryl methyl sites for hydroxylation is 1. The van der Waals surface area contributed by atoms with Crippen LogP contribution in [0.5, 0.6) is 0 Å². The summed E-state index contributed by atoms with van der Waals surface area (Å²) in [5.41, 5.74) is -3.40. The SMILES string of the molecule is C[n+]1c(SC(F)(F)F)sc2ccccc21.F[B-](F)(F)F. The van der Waals surface area contributed by atoms with Crippen molar-refractivity contribution in [3.8, 4) is 0 Å². The molecule has 0 radical (unpaired) electrons. The highest BCUT2D eigenvalue weighted by Crippen LogP contribution is 2.39. The zero-order valence-electron chi connectivity index (χ0n) is 9.80. The largest absolute Gasteiger partial charge is 0.673 e. The summed E-state index contributed by atoms with van der Waals surface area (Å²) < 4.78 is 78.3. The van der Waals surface area contributed by atoms with Crippen LogP contribution < -0.4 is 4.57 Å². The van der Waals surface area contributed by atoms with E-state index < -0.39 is 12.8 Å². The van der Waals surface area contributed by atoms with E-state index in [-0.39, 0.29) is 16.1 Å². The fraction of sp³-hybridized carbons (Fsp3) is 0.222. The average Bonchev–Trinajstić information content (AvgIpc) is 2.52. The average molecular weight is 337 g/mol. The first-order chi connectivity index (χ1) is 8.97. The van der Waals surface area contributed by atoms with Crippen molar-refractivity contribution < 1.29 is 35.0 Å². The molecule has 20 heavy (non-hydrogen) atoms. The van der Waals surface area contributed by atoms with Gasteiger partial charge in [0.1, 0.15) is 11.7 Å². The molecule has 0 bridgehead atoms. The number of rotatable bonds is 1. The second-order valence-corrected chi connectivity index (χ2v) is 5.78. The van der Waals surface area contributed by atoms with Crippen LogP contribution >= 0.6 is 23.1 Å². The van der Waals surface area contributed by atoms with Crippen LogP contribution in [-0.4, -0.2) is 12.8 Å². The van der Waals surface area contributed by atoms with Crippen LogP contribution in [0.15, 0.2) is 28.6 Å². The molecule has 1 nitrogen and oxygen atoms in total. The molecule has 0 unspecified atom stereocenters. The number of fused-ring (bicyclic) bond motifs is 1. The second kappa shape index (κ2) is 6.21. The summed E-state index contributed by atoms with van der Waals surface area (Å²) >= 11 is 1.09. The van der Waals surface area contributed by atoms with Crippen molar-refractivity contribution in [3.63, 3.8) is 0 Å². The van der Waals surface area contributed by atoms with E-state index in [1.165, 1.54) is 0 Å². The van der Waals surface area contributed by atoms with E-state index in [2.05, 4.69) is 0 Å². The summed E-state index contributed by atoms with van der Waals surface area (Å²) in [6, 6.07) is 7.27. The van der Waals surface area contributed by atoms with Gasteiger partial charge in [-0.1, -0.05) is 23.5 Å². The number of para-hydroxylation sites is 1. The molecular weight excluding hydrogens is 330 g/mol. The molecule has 0 saturated heterocycles. The maximum atomic E-state index is 12.2. The smallest absolute Gasteiger partial charge is 0.418 e. The lowest BCUT2D eigenvalue weighted by Crippen LogP contribution is -2.29. The summed E-state index contributed by atoms with van der Waals surface area (Å²) in [7, 11) is -4.35. The molecule has 2 aromatic rings. The normalized spacial score (nSPS) is 12.2. The van der Waals surface area contributed by atoms with Gasteiger partial charge < -0.3 is 17.3 Å². The van der Waals surface area contributed by atoms with Crippen molar-refractivity contribution in [1.29, 1.82) is 0 Å². The van der Waals surface area contributed by atoms with Gasteiger partial charge in [-0.25, -0.2) is 0 Å². The Morgan fingerprint density at radius 1 is 1.10 bits per heavy atom. The maximum absolute atomic E-state index is 12.2. The number of alkyl halides is 3. The van der Waals surface area contributed by atoms with Gasteiger partial charge in [-0.2, -0.15) is 17.7 Å². The summed E-state index contributed by atoms with van der Waals surface area (Å²) in [6.45, 7) is 0. The van der Waals surface area contributed by atoms with E-state index in [0.29, 0.717) is 0 Å². The van der Waals surface area contributed by atoms with Gasteiger partial charge in [0.25, 0.3) is 0 Å². The highest BCUT2D eigenvalue weighted by atomic mass is 32.2. The van der Waals surface area contributed by atoms with Crippen LogP contribution in [-0.2, 0) is 7.05 Å². The fourth-order valence-corrected chi connectivity index (χ4v) is 3.30. The predicted molar refractivity (Wildman–Crippen MR) is 65.1 cm³/mol. The van der Waals surface area contributed by atoms with Crippen molar-refractivity contribution in [2.24, 2.45) is 7.05 Å². The molecule has 0 aliphatic heterocycles. The topological polar surface area (TPSA) is 3.88 Å². The number of halogens is 7. The lowest BCUT2D eigenvalue weighted by molar-refractivity contribution is -0.677. The van der Waals surface area contributed by atoms with E-state index in [4.69, 9.17) is 0 Å². The van der Waals surface area contributed by atoms with Gasteiger partial charge in [0.15, 0.2) is 0 Å². The molecule has 1 heterocycles. The minimum Gasteiger partial charge on any atom is -0.418 e. The Hall–Kier alpha value is -0.965. The molecule has 112 valence electrons. The van der Waals surface area contributed by atoms with Gasteiger partial charge in [0.05, 0.1) is 11.8 Å². The Morgan fingerprint density at radius 2 is 1.60 bits per heavy atom. The Kier molecular flexibility index (Phi) is 5.30. The molecule has 11 heteroatoms. The lowest BCUT2D eigenvalue weighted by atomic mass is 10.3. The predicted octanol–water partition coefficient (Wildman–Crippen LogP) is 4.64. The number of hydrogen-bond donors (Lipinski definition) is 0. The molecule has 1 aromatic heterocycles. The van der Waals surface area contributed by atoms with E-state index >= 15 is 0 Å². The number of benzene rings is 1. The van der Waals surface area contributed by atoms with Crippen LogP contribution in [0.2, 0.25) is 0 Å². The van der Waals surface area contributed by atoms with Gasteiger partial charge in [-0.15, -0.1) is 0 Å². The van der Waals surface area contributed by atoms with Gasteiger partial charge >= 0.3 is 17.1 Å².